The highest BCUT2D eigenvalue weighted by Gasteiger charge is 2.22. The molecule has 8 heteroatoms. The molecule has 4 rings (SSSR count). The molecular formula is C23H26N4O3S. The highest BCUT2D eigenvalue weighted by atomic mass is 32.2. The van der Waals surface area contributed by atoms with E-state index >= 15 is 0 Å². The van der Waals surface area contributed by atoms with E-state index in [2.05, 4.69) is 38.5 Å². The van der Waals surface area contributed by atoms with Gasteiger partial charge >= 0.3 is 0 Å². The Labute approximate surface area is 182 Å². The molecule has 2 heterocycles. The van der Waals surface area contributed by atoms with E-state index in [1.165, 1.54) is 12.0 Å². The maximum Gasteiger partial charge on any atom is 0.247 e. The van der Waals surface area contributed by atoms with Crippen LogP contribution in [0.3, 0.4) is 0 Å². The van der Waals surface area contributed by atoms with E-state index in [4.69, 9.17) is 4.42 Å². The van der Waals surface area contributed by atoms with Gasteiger partial charge in [0.25, 0.3) is 0 Å². The molecule has 0 radical (unpaired) electrons. The molecule has 0 spiro atoms. The number of aryl methyl sites for hydroxylation is 1. The van der Waals surface area contributed by atoms with Crippen molar-refractivity contribution in [3.63, 3.8) is 0 Å². The molecule has 0 saturated carbocycles. The summed E-state index contributed by atoms with van der Waals surface area (Å²) in [4.78, 5) is 2.28. The van der Waals surface area contributed by atoms with Crippen molar-refractivity contribution in [3.05, 3.63) is 72.1 Å². The van der Waals surface area contributed by atoms with Crippen LogP contribution < -0.4 is 4.72 Å². The molecule has 0 bridgehead atoms. The van der Waals surface area contributed by atoms with Crippen LogP contribution in [-0.2, 0) is 10.0 Å². The van der Waals surface area contributed by atoms with Gasteiger partial charge in [-0.25, -0.2) is 8.42 Å². The standard InChI is InChI=1S/C23H26N4O3S/c1-16-4-5-21(14-22(16)26-31(3,28)29)17(2)27-12-10-19(11-13-27)18-6-8-20(9-7-18)23-25-24-15-30-23/h4-9,14-15,19,26H,2,10-13H2,1,3H3. The molecule has 2 aromatic carbocycles. The fraction of sp³-hybridized carbons (Fsp3) is 0.304. The van der Waals surface area contributed by atoms with Crippen molar-refractivity contribution in [1.29, 1.82) is 0 Å². The molecule has 0 atom stereocenters. The van der Waals surface area contributed by atoms with Gasteiger partial charge in [-0.05, 0) is 60.6 Å². The zero-order chi connectivity index (χ0) is 22.0. The number of sulfonamides is 1. The Morgan fingerprint density at radius 1 is 1.16 bits per heavy atom. The van der Waals surface area contributed by atoms with Gasteiger partial charge in [0.15, 0.2) is 0 Å². The van der Waals surface area contributed by atoms with Crippen molar-refractivity contribution in [3.8, 4) is 11.5 Å². The second kappa shape index (κ2) is 8.55. The van der Waals surface area contributed by atoms with Gasteiger partial charge in [-0.3, -0.25) is 4.72 Å². The minimum absolute atomic E-state index is 0.487. The summed E-state index contributed by atoms with van der Waals surface area (Å²) in [5.41, 5.74) is 5.55. The van der Waals surface area contributed by atoms with E-state index in [0.717, 1.165) is 54.6 Å². The van der Waals surface area contributed by atoms with Crippen molar-refractivity contribution < 1.29 is 12.8 Å². The smallest absolute Gasteiger partial charge is 0.247 e. The normalized spacial score (nSPS) is 15.1. The Morgan fingerprint density at radius 2 is 1.87 bits per heavy atom. The summed E-state index contributed by atoms with van der Waals surface area (Å²) in [6.07, 6.45) is 4.55. The molecule has 1 fully saturated rings. The third-order valence-electron chi connectivity index (χ3n) is 5.73. The van der Waals surface area contributed by atoms with E-state index in [0.29, 0.717) is 17.5 Å². The van der Waals surface area contributed by atoms with E-state index in [1.807, 2.05) is 37.3 Å². The van der Waals surface area contributed by atoms with Gasteiger partial charge in [0, 0.05) is 24.4 Å². The summed E-state index contributed by atoms with van der Waals surface area (Å²) in [7, 11) is -3.33. The van der Waals surface area contributed by atoms with Crippen molar-refractivity contribution in [1.82, 2.24) is 15.1 Å². The second-order valence-corrected chi connectivity index (χ2v) is 9.73. The molecule has 1 aromatic heterocycles. The number of hydrogen-bond acceptors (Lipinski definition) is 6. The maximum atomic E-state index is 11.6. The molecule has 7 nitrogen and oxygen atoms in total. The first kappa shape index (κ1) is 21.1. The number of likely N-dealkylation sites (tertiary alicyclic amines) is 1. The number of anilines is 1. The Morgan fingerprint density at radius 3 is 2.48 bits per heavy atom. The summed E-state index contributed by atoms with van der Waals surface area (Å²) >= 11 is 0. The van der Waals surface area contributed by atoms with Gasteiger partial charge in [-0.15, -0.1) is 10.2 Å². The van der Waals surface area contributed by atoms with Gasteiger partial charge in [0.1, 0.15) is 0 Å². The average Bonchev–Trinajstić information content (AvgIpc) is 3.29. The molecule has 1 saturated heterocycles. The lowest BCUT2D eigenvalue weighted by Gasteiger charge is -2.35. The number of nitrogens with zero attached hydrogens (tertiary/aromatic N) is 3. The predicted octanol–water partition coefficient (Wildman–Crippen LogP) is 4.27. The number of aromatic nitrogens is 2. The number of hydrogen-bond donors (Lipinski definition) is 1. The first-order valence-electron chi connectivity index (χ1n) is 10.2. The van der Waals surface area contributed by atoms with E-state index in [9.17, 15) is 8.42 Å². The van der Waals surface area contributed by atoms with Crippen LogP contribution in [0.25, 0.3) is 17.2 Å². The monoisotopic (exact) mass is 438 g/mol. The fourth-order valence-corrected chi connectivity index (χ4v) is 4.59. The van der Waals surface area contributed by atoms with Crippen molar-refractivity contribution in [2.24, 2.45) is 0 Å². The molecular weight excluding hydrogens is 412 g/mol. The van der Waals surface area contributed by atoms with E-state index < -0.39 is 10.0 Å². The van der Waals surface area contributed by atoms with Gasteiger partial charge < -0.3 is 9.32 Å². The lowest BCUT2D eigenvalue weighted by atomic mass is 9.88. The molecule has 0 unspecified atom stereocenters. The lowest BCUT2D eigenvalue weighted by Crippen LogP contribution is -2.31. The number of piperidine rings is 1. The molecule has 31 heavy (non-hydrogen) atoms. The molecule has 1 aliphatic rings. The van der Waals surface area contributed by atoms with Gasteiger partial charge in [-0.2, -0.15) is 0 Å². The van der Waals surface area contributed by atoms with Crippen molar-refractivity contribution in [2.75, 3.05) is 24.1 Å². The van der Waals surface area contributed by atoms with Crippen LogP contribution in [0.2, 0.25) is 0 Å². The molecule has 3 aromatic rings. The molecule has 162 valence electrons. The largest absolute Gasteiger partial charge is 0.423 e. The topological polar surface area (TPSA) is 88.3 Å². The Kier molecular flexibility index (Phi) is 5.82. The summed E-state index contributed by atoms with van der Waals surface area (Å²) < 4.78 is 31.1. The zero-order valence-corrected chi connectivity index (χ0v) is 18.5. The average molecular weight is 439 g/mol. The molecule has 0 aliphatic carbocycles. The number of benzene rings is 2. The predicted molar refractivity (Wildman–Crippen MR) is 122 cm³/mol. The van der Waals surface area contributed by atoms with Crippen LogP contribution >= 0.6 is 0 Å². The van der Waals surface area contributed by atoms with Crippen LogP contribution in [0.5, 0.6) is 0 Å². The Balaban J connectivity index is 1.40. The number of nitrogens with one attached hydrogen (secondary N) is 1. The zero-order valence-electron chi connectivity index (χ0n) is 17.7. The summed E-state index contributed by atoms with van der Waals surface area (Å²) in [5.74, 6) is 1.02. The quantitative estimate of drug-likeness (QED) is 0.618. The first-order valence-corrected chi connectivity index (χ1v) is 12.1. The first-order chi connectivity index (χ1) is 14.8. The van der Waals surface area contributed by atoms with Gasteiger partial charge in [0.2, 0.25) is 22.3 Å². The van der Waals surface area contributed by atoms with Crippen LogP contribution in [-0.4, -0.2) is 42.9 Å². The van der Waals surface area contributed by atoms with Crippen molar-refractivity contribution in [2.45, 2.75) is 25.7 Å². The maximum absolute atomic E-state index is 11.6. The highest BCUT2D eigenvalue weighted by molar-refractivity contribution is 7.92. The minimum atomic E-state index is -3.33. The summed E-state index contributed by atoms with van der Waals surface area (Å²) in [6.45, 7) is 7.96. The lowest BCUT2D eigenvalue weighted by molar-refractivity contribution is 0.299. The third-order valence-corrected chi connectivity index (χ3v) is 6.32. The number of rotatable bonds is 6. The third kappa shape index (κ3) is 4.96. The molecule has 1 aliphatic heterocycles. The Bertz CT molecular complexity index is 1160. The van der Waals surface area contributed by atoms with Gasteiger partial charge in [0.05, 0.1) is 11.9 Å². The second-order valence-electron chi connectivity index (χ2n) is 7.98. The summed E-state index contributed by atoms with van der Waals surface area (Å²) in [6, 6.07) is 14.1. The van der Waals surface area contributed by atoms with Crippen LogP contribution in [0.4, 0.5) is 5.69 Å². The van der Waals surface area contributed by atoms with Crippen LogP contribution in [0.15, 0.2) is 59.9 Å². The van der Waals surface area contributed by atoms with E-state index in [1.54, 1.807) is 0 Å². The molecule has 0 amide bonds. The summed E-state index contributed by atoms with van der Waals surface area (Å²) in [5, 5.41) is 7.67. The van der Waals surface area contributed by atoms with Crippen LogP contribution in [0.1, 0.15) is 35.4 Å². The van der Waals surface area contributed by atoms with E-state index in [-0.39, 0.29) is 0 Å². The van der Waals surface area contributed by atoms with Crippen molar-refractivity contribution >= 4 is 21.4 Å². The Hall–Kier alpha value is -3.13. The fourth-order valence-electron chi connectivity index (χ4n) is 3.97. The SMILES string of the molecule is C=C(c1ccc(C)c(NS(C)(=O)=O)c1)N1CCC(c2ccc(-c3nnco3)cc2)CC1. The highest BCUT2D eigenvalue weighted by Crippen LogP contribution is 2.33. The van der Waals surface area contributed by atoms with Gasteiger partial charge in [-0.1, -0.05) is 30.8 Å². The minimum Gasteiger partial charge on any atom is -0.423 e. The molecule has 1 N–H and O–H groups in total. The van der Waals surface area contributed by atoms with Crippen LogP contribution in [0, 0.1) is 6.92 Å².